The van der Waals surface area contributed by atoms with Crippen molar-refractivity contribution >= 4 is 16.8 Å². The van der Waals surface area contributed by atoms with Gasteiger partial charge < -0.3 is 20.9 Å². The Morgan fingerprint density at radius 1 is 1.27 bits per heavy atom. The highest BCUT2D eigenvalue weighted by molar-refractivity contribution is 5.85. The highest BCUT2D eigenvalue weighted by Crippen LogP contribution is 2.26. The first-order valence-electron chi connectivity index (χ1n) is 10.8. The summed E-state index contributed by atoms with van der Waals surface area (Å²) in [7, 11) is 0. The molecule has 4 rings (SSSR count). The number of rotatable bonds is 7. The van der Waals surface area contributed by atoms with Gasteiger partial charge in [-0.1, -0.05) is 43.7 Å². The summed E-state index contributed by atoms with van der Waals surface area (Å²) in [5.41, 5.74) is 9.27. The van der Waals surface area contributed by atoms with Gasteiger partial charge >= 0.3 is 0 Å². The van der Waals surface area contributed by atoms with E-state index < -0.39 is 6.04 Å². The first-order valence-corrected chi connectivity index (χ1v) is 10.8. The Morgan fingerprint density at radius 3 is 2.80 bits per heavy atom. The molecule has 2 aromatic heterocycles. The summed E-state index contributed by atoms with van der Waals surface area (Å²) in [4.78, 5) is 18.7. The molecule has 0 aliphatic carbocycles. The number of carbonyl (C=O) groups is 1. The minimum Gasteiger partial charge on any atom is -0.361 e. The third-order valence-electron chi connectivity index (χ3n) is 6.25. The Morgan fingerprint density at radius 2 is 2.03 bits per heavy atom. The number of aromatic nitrogens is 4. The molecule has 4 N–H and O–H groups in total. The summed E-state index contributed by atoms with van der Waals surface area (Å²) in [6.07, 6.45) is 5.36. The average molecular weight is 410 g/mol. The molecule has 1 aliphatic rings. The van der Waals surface area contributed by atoms with Crippen molar-refractivity contribution in [1.29, 1.82) is 0 Å². The van der Waals surface area contributed by atoms with Gasteiger partial charge in [0.25, 0.3) is 0 Å². The first-order chi connectivity index (χ1) is 14.6. The van der Waals surface area contributed by atoms with E-state index in [0.717, 1.165) is 41.7 Å². The summed E-state index contributed by atoms with van der Waals surface area (Å²) in [5, 5.41) is 13.1. The Bertz CT molecular complexity index is 988. The van der Waals surface area contributed by atoms with Gasteiger partial charge in [-0.3, -0.25) is 4.79 Å². The van der Waals surface area contributed by atoms with Crippen LogP contribution in [0.1, 0.15) is 43.6 Å². The summed E-state index contributed by atoms with van der Waals surface area (Å²) >= 11 is 0. The maximum atomic E-state index is 13.5. The number of nitrogens with one attached hydrogen (secondary N) is 2. The van der Waals surface area contributed by atoms with Gasteiger partial charge in [-0.25, -0.2) is 4.68 Å². The standard InChI is InChI=1S/C22H31N7O/c1-3-15(2)21(23)19-14-29(27-26-19)20(22(30)28-10-8-24-9-11-28)12-16-13-25-18-7-5-4-6-17(16)18/h4-7,13-15,20-21,24-25H,3,8-12,23H2,1-2H3/t15-,20-,21-/m0/s1. The smallest absolute Gasteiger partial charge is 0.247 e. The van der Waals surface area contributed by atoms with E-state index >= 15 is 0 Å². The van der Waals surface area contributed by atoms with Crippen molar-refractivity contribution in [3.8, 4) is 0 Å². The molecule has 1 aliphatic heterocycles. The second kappa shape index (κ2) is 8.97. The van der Waals surface area contributed by atoms with E-state index in [0.29, 0.717) is 25.4 Å². The number of piperazine rings is 1. The highest BCUT2D eigenvalue weighted by Gasteiger charge is 2.30. The van der Waals surface area contributed by atoms with E-state index in [-0.39, 0.29) is 11.9 Å². The van der Waals surface area contributed by atoms with Gasteiger partial charge in [-0.15, -0.1) is 5.10 Å². The molecule has 3 atom stereocenters. The van der Waals surface area contributed by atoms with Crippen molar-refractivity contribution in [3.63, 3.8) is 0 Å². The lowest BCUT2D eigenvalue weighted by Gasteiger charge is -2.30. The summed E-state index contributed by atoms with van der Waals surface area (Å²) in [6.45, 7) is 7.26. The van der Waals surface area contributed by atoms with E-state index in [2.05, 4.69) is 40.5 Å². The lowest BCUT2D eigenvalue weighted by molar-refractivity contribution is -0.135. The highest BCUT2D eigenvalue weighted by atomic mass is 16.2. The minimum absolute atomic E-state index is 0.0790. The van der Waals surface area contributed by atoms with Crippen molar-refractivity contribution in [1.82, 2.24) is 30.2 Å². The van der Waals surface area contributed by atoms with E-state index in [4.69, 9.17) is 5.73 Å². The van der Waals surface area contributed by atoms with Crippen LogP contribution in [0.5, 0.6) is 0 Å². The van der Waals surface area contributed by atoms with E-state index in [1.807, 2.05) is 35.5 Å². The topological polar surface area (TPSA) is 105 Å². The number of amides is 1. The van der Waals surface area contributed by atoms with Gasteiger partial charge in [0.05, 0.1) is 17.9 Å². The number of aromatic amines is 1. The van der Waals surface area contributed by atoms with Crippen LogP contribution in [0.25, 0.3) is 10.9 Å². The molecule has 30 heavy (non-hydrogen) atoms. The number of nitrogens with two attached hydrogens (primary N) is 1. The monoisotopic (exact) mass is 409 g/mol. The summed E-state index contributed by atoms with van der Waals surface area (Å²) < 4.78 is 1.71. The molecule has 0 spiro atoms. The van der Waals surface area contributed by atoms with Gasteiger partial charge in [0.1, 0.15) is 6.04 Å². The van der Waals surface area contributed by atoms with Gasteiger partial charge in [0.15, 0.2) is 0 Å². The fourth-order valence-corrected chi connectivity index (χ4v) is 4.04. The lowest BCUT2D eigenvalue weighted by Crippen LogP contribution is -2.49. The molecular formula is C22H31N7O. The van der Waals surface area contributed by atoms with Gasteiger partial charge in [-0.2, -0.15) is 0 Å². The fourth-order valence-electron chi connectivity index (χ4n) is 4.04. The molecule has 0 unspecified atom stereocenters. The zero-order valence-corrected chi connectivity index (χ0v) is 17.7. The molecule has 0 bridgehead atoms. The average Bonchev–Trinajstić information content (AvgIpc) is 3.44. The Balaban J connectivity index is 1.65. The van der Waals surface area contributed by atoms with Crippen molar-refractivity contribution in [2.75, 3.05) is 26.2 Å². The molecule has 3 heterocycles. The third-order valence-corrected chi connectivity index (χ3v) is 6.25. The number of para-hydroxylation sites is 1. The maximum Gasteiger partial charge on any atom is 0.247 e. The van der Waals surface area contributed by atoms with E-state index in [9.17, 15) is 4.79 Å². The molecule has 160 valence electrons. The van der Waals surface area contributed by atoms with Crippen molar-refractivity contribution in [3.05, 3.63) is 47.9 Å². The molecule has 0 saturated carbocycles. The predicted octanol–water partition coefficient (Wildman–Crippen LogP) is 2.02. The van der Waals surface area contributed by atoms with E-state index in [1.54, 1.807) is 4.68 Å². The second-order valence-corrected chi connectivity index (χ2v) is 8.19. The van der Waals surface area contributed by atoms with Crippen molar-refractivity contribution < 1.29 is 4.79 Å². The van der Waals surface area contributed by atoms with Gasteiger partial charge in [-0.05, 0) is 17.5 Å². The van der Waals surface area contributed by atoms with Crippen LogP contribution in [0.4, 0.5) is 0 Å². The largest absolute Gasteiger partial charge is 0.361 e. The molecule has 1 aromatic carbocycles. The lowest BCUT2D eigenvalue weighted by atomic mass is 9.98. The van der Waals surface area contributed by atoms with Crippen LogP contribution in [0.2, 0.25) is 0 Å². The number of hydrogen-bond donors (Lipinski definition) is 3. The third kappa shape index (κ3) is 4.11. The summed E-state index contributed by atoms with van der Waals surface area (Å²) in [6, 6.07) is 7.51. The van der Waals surface area contributed by atoms with Crippen LogP contribution in [0.3, 0.4) is 0 Å². The fraction of sp³-hybridized carbons (Fsp3) is 0.500. The number of nitrogens with zero attached hydrogens (tertiary/aromatic N) is 4. The number of fused-ring (bicyclic) bond motifs is 1. The molecular weight excluding hydrogens is 378 g/mol. The molecule has 3 aromatic rings. The minimum atomic E-state index is -0.451. The van der Waals surface area contributed by atoms with E-state index in [1.165, 1.54) is 0 Å². The molecule has 8 nitrogen and oxygen atoms in total. The maximum absolute atomic E-state index is 13.5. The molecule has 1 saturated heterocycles. The molecule has 1 amide bonds. The molecule has 0 radical (unpaired) electrons. The SMILES string of the molecule is CC[C@H](C)[C@H](N)c1cn([C@@H](Cc2c[nH]c3ccccc23)C(=O)N2CCNCC2)nn1. The normalized spacial score (nSPS) is 17.8. The van der Waals surface area contributed by atoms with Crippen LogP contribution >= 0.6 is 0 Å². The first kappa shape index (κ1) is 20.6. The number of benzene rings is 1. The molecule has 8 heteroatoms. The second-order valence-electron chi connectivity index (χ2n) is 8.19. The molecule has 1 fully saturated rings. The predicted molar refractivity (Wildman–Crippen MR) is 117 cm³/mol. The zero-order chi connectivity index (χ0) is 21.1. The number of carbonyl (C=O) groups excluding carboxylic acids is 1. The Kier molecular flexibility index (Phi) is 6.15. The quantitative estimate of drug-likeness (QED) is 0.554. The van der Waals surface area contributed by atoms with Crippen LogP contribution in [-0.4, -0.2) is 57.0 Å². The van der Waals surface area contributed by atoms with Crippen molar-refractivity contribution in [2.24, 2.45) is 11.7 Å². The Hall–Kier alpha value is -2.71. The summed E-state index contributed by atoms with van der Waals surface area (Å²) in [5.74, 6) is 0.376. The van der Waals surface area contributed by atoms with Crippen LogP contribution in [0, 0.1) is 5.92 Å². The van der Waals surface area contributed by atoms with Crippen LogP contribution in [0.15, 0.2) is 36.7 Å². The number of H-pyrrole nitrogens is 1. The number of hydrogen-bond acceptors (Lipinski definition) is 5. The zero-order valence-electron chi connectivity index (χ0n) is 17.7. The van der Waals surface area contributed by atoms with Crippen LogP contribution < -0.4 is 11.1 Å². The van der Waals surface area contributed by atoms with Crippen molar-refractivity contribution in [2.45, 2.75) is 38.8 Å². The van der Waals surface area contributed by atoms with Gasteiger partial charge in [0, 0.05) is 49.7 Å². The van der Waals surface area contributed by atoms with Gasteiger partial charge in [0.2, 0.25) is 5.91 Å². The van der Waals surface area contributed by atoms with Crippen LogP contribution in [-0.2, 0) is 11.2 Å². The Labute approximate surface area is 176 Å².